The molecule has 2 heterocycles. The van der Waals surface area contributed by atoms with Gasteiger partial charge in [0.25, 0.3) is 11.8 Å². The van der Waals surface area contributed by atoms with Gasteiger partial charge in [-0.25, -0.2) is 4.98 Å². The van der Waals surface area contributed by atoms with E-state index < -0.39 is 36.0 Å². The second kappa shape index (κ2) is 8.58. The molecule has 0 spiro atoms. The first kappa shape index (κ1) is 19.6. The third kappa shape index (κ3) is 4.67. The van der Waals surface area contributed by atoms with Gasteiger partial charge in [0.15, 0.2) is 16.9 Å². The molecule has 0 saturated carbocycles. The van der Waals surface area contributed by atoms with E-state index >= 15 is 0 Å². The summed E-state index contributed by atoms with van der Waals surface area (Å²) in [6, 6.07) is -1.07. The molecule has 1 fully saturated rings. The summed E-state index contributed by atoms with van der Waals surface area (Å²) in [6.07, 6.45) is -0.971. The number of nitrogens with one attached hydrogen (secondary N) is 3. The number of anilines is 1. The smallest absolute Gasteiger partial charge is 0.304 e. The minimum Gasteiger partial charge on any atom is -0.439 e. The highest BCUT2D eigenvalue weighted by atomic mass is 35.5. The van der Waals surface area contributed by atoms with E-state index in [1.807, 2.05) is 0 Å². The van der Waals surface area contributed by atoms with Crippen molar-refractivity contribution in [3.05, 3.63) is 11.1 Å². The number of hydrogen-bond donors (Lipinski definition) is 3. The molecule has 2 rings (SSSR count). The quantitative estimate of drug-likeness (QED) is 0.177. The van der Waals surface area contributed by atoms with Crippen LogP contribution < -0.4 is 16.0 Å². The standard InChI is InChI=1S/C13H14ClN5O6S/c1-5(20)25-12-9(11(23)18-12)17-10(22)8(19-24-2)6-4-26-13(15-6)16-7(21)3-14/h4,9,12H,3H2,1-2H3,(H,17,22)(H,18,23)(H,15,16,21)/t9-,12+/m1/s1. The van der Waals surface area contributed by atoms with Crippen LogP contribution in [0.1, 0.15) is 12.6 Å². The van der Waals surface area contributed by atoms with Gasteiger partial charge in [0, 0.05) is 12.3 Å². The predicted octanol–water partition coefficient (Wildman–Crippen LogP) is -0.825. The SMILES string of the molecule is CON=C(C(=O)N[C@@H]1C(=O)N[C@H]1OC(C)=O)c1csc(NC(=O)CCl)n1. The number of aromatic nitrogens is 1. The number of nitrogens with zero attached hydrogens (tertiary/aromatic N) is 2. The monoisotopic (exact) mass is 403 g/mol. The highest BCUT2D eigenvalue weighted by Crippen LogP contribution is 2.17. The largest absolute Gasteiger partial charge is 0.439 e. The average molecular weight is 404 g/mol. The minimum absolute atomic E-state index is 0.114. The van der Waals surface area contributed by atoms with Gasteiger partial charge in [-0.1, -0.05) is 5.16 Å². The molecular weight excluding hydrogens is 390 g/mol. The molecule has 0 unspecified atom stereocenters. The van der Waals surface area contributed by atoms with E-state index in [0.717, 1.165) is 11.3 Å². The molecule has 1 aliphatic rings. The number of ether oxygens (including phenoxy) is 1. The van der Waals surface area contributed by atoms with E-state index in [9.17, 15) is 19.2 Å². The van der Waals surface area contributed by atoms with Crippen molar-refractivity contribution in [2.45, 2.75) is 19.2 Å². The Morgan fingerprint density at radius 3 is 2.77 bits per heavy atom. The van der Waals surface area contributed by atoms with Gasteiger partial charge in [0.2, 0.25) is 12.1 Å². The fourth-order valence-electron chi connectivity index (χ4n) is 1.87. The van der Waals surface area contributed by atoms with E-state index in [0.29, 0.717) is 0 Å². The highest BCUT2D eigenvalue weighted by molar-refractivity contribution is 7.14. The molecular formula is C13H14ClN5O6S. The Labute approximate surface area is 156 Å². The number of rotatable bonds is 7. The lowest BCUT2D eigenvalue weighted by Crippen LogP contribution is -2.70. The van der Waals surface area contributed by atoms with E-state index in [-0.39, 0.29) is 22.4 Å². The molecule has 2 atom stereocenters. The number of hydrogen-bond acceptors (Lipinski definition) is 9. The molecule has 1 saturated heterocycles. The van der Waals surface area contributed by atoms with Gasteiger partial charge in [-0.15, -0.1) is 22.9 Å². The maximum Gasteiger partial charge on any atom is 0.304 e. The zero-order valence-electron chi connectivity index (χ0n) is 13.6. The molecule has 140 valence electrons. The van der Waals surface area contributed by atoms with Crippen LogP contribution >= 0.6 is 22.9 Å². The van der Waals surface area contributed by atoms with Gasteiger partial charge in [-0.2, -0.15) is 0 Å². The van der Waals surface area contributed by atoms with Crippen molar-refractivity contribution in [2.75, 3.05) is 18.3 Å². The number of oxime groups is 1. The second-order valence-corrected chi connectivity index (χ2v) is 5.96. The van der Waals surface area contributed by atoms with Gasteiger partial charge in [-0.3, -0.25) is 19.2 Å². The van der Waals surface area contributed by atoms with Crippen molar-refractivity contribution in [3.63, 3.8) is 0 Å². The van der Waals surface area contributed by atoms with Crippen LogP contribution in [0.15, 0.2) is 10.5 Å². The molecule has 0 bridgehead atoms. The summed E-state index contributed by atoms with van der Waals surface area (Å²) in [6.45, 7) is 1.17. The average Bonchev–Trinajstić information content (AvgIpc) is 3.04. The lowest BCUT2D eigenvalue weighted by Gasteiger charge is -2.35. The first-order valence-corrected chi connectivity index (χ1v) is 8.48. The molecule has 3 N–H and O–H groups in total. The summed E-state index contributed by atoms with van der Waals surface area (Å²) < 4.78 is 4.85. The molecule has 1 aliphatic heterocycles. The van der Waals surface area contributed by atoms with E-state index in [2.05, 4.69) is 30.9 Å². The third-order valence-corrected chi connectivity index (χ3v) is 3.96. The summed E-state index contributed by atoms with van der Waals surface area (Å²) >= 11 is 6.44. The van der Waals surface area contributed by atoms with E-state index in [4.69, 9.17) is 16.3 Å². The van der Waals surface area contributed by atoms with E-state index in [1.165, 1.54) is 19.4 Å². The molecule has 0 radical (unpaired) electrons. The van der Waals surface area contributed by atoms with Crippen LogP contribution in [-0.4, -0.2) is 59.6 Å². The zero-order chi connectivity index (χ0) is 19.3. The number of carbonyl (C=O) groups is 4. The maximum atomic E-state index is 12.4. The van der Waals surface area contributed by atoms with Crippen molar-refractivity contribution >= 4 is 57.5 Å². The number of esters is 1. The normalized spacial score (nSPS) is 19.0. The molecule has 13 heteroatoms. The number of β-lactam (4-membered cyclic amide) rings is 1. The zero-order valence-corrected chi connectivity index (χ0v) is 15.1. The van der Waals surface area contributed by atoms with Crippen molar-refractivity contribution in [3.8, 4) is 0 Å². The van der Waals surface area contributed by atoms with Crippen molar-refractivity contribution in [2.24, 2.45) is 5.16 Å². The van der Waals surface area contributed by atoms with Crippen LogP contribution in [0.2, 0.25) is 0 Å². The topological polar surface area (TPSA) is 148 Å². The van der Waals surface area contributed by atoms with Gasteiger partial charge >= 0.3 is 5.97 Å². The second-order valence-electron chi connectivity index (χ2n) is 4.83. The fraction of sp³-hybridized carbons (Fsp3) is 0.385. The molecule has 1 aromatic heterocycles. The number of halogens is 1. The summed E-state index contributed by atoms with van der Waals surface area (Å²) in [5.74, 6) is -2.61. The summed E-state index contributed by atoms with van der Waals surface area (Å²) in [5.41, 5.74) is -0.112. The lowest BCUT2D eigenvalue weighted by atomic mass is 10.1. The van der Waals surface area contributed by atoms with Crippen molar-refractivity contribution in [1.82, 2.24) is 15.6 Å². The van der Waals surface area contributed by atoms with Crippen LogP contribution in [0.3, 0.4) is 0 Å². The minimum atomic E-state index is -1.07. The first-order valence-electron chi connectivity index (χ1n) is 7.07. The van der Waals surface area contributed by atoms with Crippen LogP contribution in [0, 0.1) is 0 Å². The number of carbonyl (C=O) groups excluding carboxylic acids is 4. The molecule has 0 aromatic carbocycles. The van der Waals surface area contributed by atoms with Gasteiger partial charge in [0.05, 0.1) is 0 Å². The molecule has 11 nitrogen and oxygen atoms in total. The van der Waals surface area contributed by atoms with Crippen LogP contribution in [-0.2, 0) is 28.8 Å². The van der Waals surface area contributed by atoms with Crippen LogP contribution in [0.25, 0.3) is 0 Å². The Kier molecular flexibility index (Phi) is 6.46. The molecule has 0 aliphatic carbocycles. The van der Waals surface area contributed by atoms with Crippen LogP contribution in [0.5, 0.6) is 0 Å². The summed E-state index contributed by atoms with van der Waals surface area (Å²) in [7, 11) is 1.23. The third-order valence-electron chi connectivity index (χ3n) is 2.96. The van der Waals surface area contributed by atoms with E-state index in [1.54, 1.807) is 0 Å². The lowest BCUT2D eigenvalue weighted by molar-refractivity contribution is -0.163. The van der Waals surface area contributed by atoms with Crippen molar-refractivity contribution < 1.29 is 28.8 Å². The number of amides is 3. The van der Waals surface area contributed by atoms with Gasteiger partial charge in [-0.05, 0) is 0 Å². The maximum absolute atomic E-state index is 12.4. The number of thiazole rings is 1. The molecule has 1 aromatic rings. The van der Waals surface area contributed by atoms with Crippen molar-refractivity contribution in [1.29, 1.82) is 0 Å². The Bertz CT molecular complexity index is 766. The Hall–Kier alpha value is -2.73. The molecule has 26 heavy (non-hydrogen) atoms. The summed E-state index contributed by atoms with van der Waals surface area (Å²) in [4.78, 5) is 54.9. The predicted molar refractivity (Wildman–Crippen MR) is 90.6 cm³/mol. The van der Waals surface area contributed by atoms with Gasteiger partial charge in [0.1, 0.15) is 18.7 Å². The Morgan fingerprint density at radius 1 is 1.46 bits per heavy atom. The van der Waals surface area contributed by atoms with Gasteiger partial charge < -0.3 is 25.5 Å². The Balaban J connectivity index is 2.10. The fourth-order valence-corrected chi connectivity index (χ4v) is 2.65. The summed E-state index contributed by atoms with van der Waals surface area (Å²) in [5, 5.41) is 12.4. The first-order chi connectivity index (χ1) is 12.3. The van der Waals surface area contributed by atoms with Crippen LogP contribution in [0.4, 0.5) is 5.13 Å². The highest BCUT2D eigenvalue weighted by Gasteiger charge is 2.43. The molecule has 3 amide bonds. The number of alkyl halides is 1. The Morgan fingerprint density at radius 2 is 2.19 bits per heavy atom.